The van der Waals surface area contributed by atoms with Crippen LogP contribution in [0.4, 0.5) is 0 Å². The standard InChI is InChI=1S/C11H14OS/c1-13-9-5-8-11(12)10-6-3-2-4-7-10/h2-4,6-7H,5,8-9H2,1H3. The van der Waals surface area contributed by atoms with Crippen molar-refractivity contribution >= 4 is 17.5 Å². The van der Waals surface area contributed by atoms with Crippen molar-refractivity contribution in [1.82, 2.24) is 0 Å². The molecule has 1 rings (SSSR count). The lowest BCUT2D eigenvalue weighted by molar-refractivity contribution is 0.0982. The van der Waals surface area contributed by atoms with Gasteiger partial charge in [-0.1, -0.05) is 30.3 Å². The maximum absolute atomic E-state index is 11.5. The Morgan fingerprint density at radius 1 is 1.31 bits per heavy atom. The fraction of sp³-hybridized carbons (Fsp3) is 0.364. The second-order valence-corrected chi connectivity index (χ2v) is 3.87. The molecule has 0 aliphatic rings. The Kier molecular flexibility index (Phi) is 4.61. The molecule has 0 heterocycles. The topological polar surface area (TPSA) is 17.1 Å². The second kappa shape index (κ2) is 5.81. The van der Waals surface area contributed by atoms with Gasteiger partial charge in [-0.2, -0.15) is 11.8 Å². The van der Waals surface area contributed by atoms with E-state index in [1.165, 1.54) is 0 Å². The summed E-state index contributed by atoms with van der Waals surface area (Å²) < 4.78 is 0. The highest BCUT2D eigenvalue weighted by Gasteiger charge is 2.03. The van der Waals surface area contributed by atoms with Crippen LogP contribution in [-0.4, -0.2) is 17.8 Å². The van der Waals surface area contributed by atoms with Crippen LogP contribution in [0, 0.1) is 0 Å². The average Bonchev–Trinajstić information content (AvgIpc) is 2.19. The largest absolute Gasteiger partial charge is 0.294 e. The third kappa shape index (κ3) is 3.64. The lowest BCUT2D eigenvalue weighted by Gasteiger charge is -1.99. The van der Waals surface area contributed by atoms with Crippen molar-refractivity contribution in [2.45, 2.75) is 12.8 Å². The minimum absolute atomic E-state index is 0.259. The molecule has 2 heteroatoms. The van der Waals surface area contributed by atoms with Gasteiger partial charge in [0.25, 0.3) is 0 Å². The number of hydrogen-bond donors (Lipinski definition) is 0. The first-order valence-electron chi connectivity index (χ1n) is 4.42. The van der Waals surface area contributed by atoms with E-state index in [0.717, 1.165) is 17.7 Å². The lowest BCUT2D eigenvalue weighted by atomic mass is 10.1. The first-order valence-corrected chi connectivity index (χ1v) is 5.81. The summed E-state index contributed by atoms with van der Waals surface area (Å²) in [4.78, 5) is 11.5. The number of carbonyl (C=O) groups excluding carboxylic acids is 1. The molecule has 1 aromatic carbocycles. The molecule has 1 aromatic rings. The molecule has 0 unspecified atom stereocenters. The monoisotopic (exact) mass is 194 g/mol. The van der Waals surface area contributed by atoms with Crippen molar-refractivity contribution in [3.63, 3.8) is 0 Å². The summed E-state index contributed by atoms with van der Waals surface area (Å²) in [6.07, 6.45) is 3.72. The minimum Gasteiger partial charge on any atom is -0.294 e. The number of rotatable bonds is 5. The highest BCUT2D eigenvalue weighted by molar-refractivity contribution is 7.98. The van der Waals surface area contributed by atoms with Crippen LogP contribution in [0.5, 0.6) is 0 Å². The van der Waals surface area contributed by atoms with Crippen LogP contribution < -0.4 is 0 Å². The van der Waals surface area contributed by atoms with Gasteiger partial charge in [0.05, 0.1) is 0 Å². The van der Waals surface area contributed by atoms with E-state index in [4.69, 9.17) is 0 Å². The quantitative estimate of drug-likeness (QED) is 0.529. The molecule has 0 N–H and O–H groups in total. The summed E-state index contributed by atoms with van der Waals surface area (Å²) in [5.74, 6) is 1.33. The van der Waals surface area contributed by atoms with E-state index in [9.17, 15) is 4.79 Å². The molecule has 0 radical (unpaired) electrons. The fourth-order valence-electron chi connectivity index (χ4n) is 1.15. The van der Waals surface area contributed by atoms with Crippen LogP contribution in [0.1, 0.15) is 23.2 Å². The number of Topliss-reactive ketones (excluding diaryl/α,β-unsaturated/α-hetero) is 1. The van der Waals surface area contributed by atoms with E-state index < -0.39 is 0 Å². The van der Waals surface area contributed by atoms with Crippen LogP contribution in [0.25, 0.3) is 0 Å². The normalized spacial score (nSPS) is 9.92. The predicted octanol–water partition coefficient (Wildman–Crippen LogP) is 3.01. The van der Waals surface area contributed by atoms with Gasteiger partial charge in [0.2, 0.25) is 0 Å². The van der Waals surface area contributed by atoms with Crippen LogP contribution >= 0.6 is 11.8 Å². The molecule has 0 saturated heterocycles. The molecule has 0 bridgehead atoms. The Balaban J connectivity index is 2.40. The Bertz CT molecular complexity index is 256. The summed E-state index contributed by atoms with van der Waals surface area (Å²) in [5.41, 5.74) is 0.837. The van der Waals surface area contributed by atoms with E-state index in [0.29, 0.717) is 6.42 Å². The van der Waals surface area contributed by atoms with Crippen LogP contribution in [0.15, 0.2) is 30.3 Å². The molecule has 0 fully saturated rings. The van der Waals surface area contributed by atoms with E-state index in [-0.39, 0.29) is 5.78 Å². The zero-order valence-corrected chi connectivity index (χ0v) is 8.64. The minimum atomic E-state index is 0.259. The van der Waals surface area contributed by atoms with Crippen molar-refractivity contribution in [1.29, 1.82) is 0 Å². The van der Waals surface area contributed by atoms with E-state index in [1.54, 1.807) is 11.8 Å². The van der Waals surface area contributed by atoms with Crippen LogP contribution in [0.2, 0.25) is 0 Å². The zero-order chi connectivity index (χ0) is 9.52. The van der Waals surface area contributed by atoms with Crippen LogP contribution in [-0.2, 0) is 0 Å². The molecule has 13 heavy (non-hydrogen) atoms. The summed E-state index contributed by atoms with van der Waals surface area (Å²) in [7, 11) is 0. The van der Waals surface area contributed by atoms with Crippen molar-refractivity contribution in [2.75, 3.05) is 12.0 Å². The summed E-state index contributed by atoms with van der Waals surface area (Å²) in [5, 5.41) is 0. The lowest BCUT2D eigenvalue weighted by Crippen LogP contribution is -1.98. The molecule has 0 spiro atoms. The third-order valence-corrected chi connectivity index (χ3v) is 2.54. The predicted molar refractivity (Wildman–Crippen MR) is 58.4 cm³/mol. The number of carbonyl (C=O) groups is 1. The summed E-state index contributed by atoms with van der Waals surface area (Å²) >= 11 is 1.79. The molecule has 0 atom stereocenters. The van der Waals surface area contributed by atoms with Gasteiger partial charge in [-0.15, -0.1) is 0 Å². The van der Waals surface area contributed by atoms with Crippen molar-refractivity contribution in [3.05, 3.63) is 35.9 Å². The fourth-order valence-corrected chi connectivity index (χ4v) is 1.58. The van der Waals surface area contributed by atoms with E-state index in [2.05, 4.69) is 6.26 Å². The maximum atomic E-state index is 11.5. The second-order valence-electron chi connectivity index (χ2n) is 2.89. The molecule has 0 aliphatic heterocycles. The van der Waals surface area contributed by atoms with Crippen molar-refractivity contribution < 1.29 is 4.79 Å². The average molecular weight is 194 g/mol. The van der Waals surface area contributed by atoms with Crippen molar-refractivity contribution in [2.24, 2.45) is 0 Å². The molecule has 0 aliphatic carbocycles. The highest BCUT2D eigenvalue weighted by atomic mass is 32.2. The van der Waals surface area contributed by atoms with Gasteiger partial charge in [-0.05, 0) is 18.4 Å². The molecule has 0 aromatic heterocycles. The van der Waals surface area contributed by atoms with Gasteiger partial charge in [0, 0.05) is 12.0 Å². The molecule has 0 amide bonds. The Labute approximate surface area is 83.5 Å². The Morgan fingerprint density at radius 3 is 2.62 bits per heavy atom. The van der Waals surface area contributed by atoms with Gasteiger partial charge in [0.15, 0.2) is 5.78 Å². The van der Waals surface area contributed by atoms with Crippen LogP contribution in [0.3, 0.4) is 0 Å². The molecule has 0 saturated carbocycles. The van der Waals surface area contributed by atoms with Gasteiger partial charge >= 0.3 is 0 Å². The van der Waals surface area contributed by atoms with Gasteiger partial charge in [-0.25, -0.2) is 0 Å². The number of benzene rings is 1. The zero-order valence-electron chi connectivity index (χ0n) is 7.82. The molecular weight excluding hydrogens is 180 g/mol. The SMILES string of the molecule is CSCCCC(=O)c1ccccc1. The summed E-state index contributed by atoms with van der Waals surface area (Å²) in [6.45, 7) is 0. The van der Waals surface area contributed by atoms with E-state index >= 15 is 0 Å². The van der Waals surface area contributed by atoms with Gasteiger partial charge < -0.3 is 0 Å². The number of thioether (sulfide) groups is 1. The first kappa shape index (κ1) is 10.3. The number of ketones is 1. The summed E-state index contributed by atoms with van der Waals surface area (Å²) in [6, 6.07) is 9.49. The molecular formula is C11H14OS. The third-order valence-electron chi connectivity index (χ3n) is 1.85. The van der Waals surface area contributed by atoms with Gasteiger partial charge in [-0.3, -0.25) is 4.79 Å². The Morgan fingerprint density at radius 2 is 2.00 bits per heavy atom. The molecule has 1 nitrogen and oxygen atoms in total. The Hall–Kier alpha value is -0.760. The highest BCUT2D eigenvalue weighted by Crippen LogP contribution is 2.07. The number of hydrogen-bond acceptors (Lipinski definition) is 2. The molecule has 70 valence electrons. The van der Waals surface area contributed by atoms with Gasteiger partial charge in [0.1, 0.15) is 0 Å². The smallest absolute Gasteiger partial charge is 0.162 e. The van der Waals surface area contributed by atoms with Crippen molar-refractivity contribution in [3.8, 4) is 0 Å². The maximum Gasteiger partial charge on any atom is 0.162 e. The van der Waals surface area contributed by atoms with E-state index in [1.807, 2.05) is 30.3 Å². The first-order chi connectivity index (χ1) is 6.34.